The first-order valence-electron chi connectivity index (χ1n) is 6.34. The Morgan fingerprint density at radius 2 is 1.76 bits per heavy atom. The van der Waals surface area contributed by atoms with E-state index in [4.69, 9.17) is 0 Å². The van der Waals surface area contributed by atoms with Crippen molar-refractivity contribution in [3.63, 3.8) is 0 Å². The second-order valence-electron chi connectivity index (χ2n) is 5.21. The molecule has 0 atom stereocenters. The average molecular weight is 236 g/mol. The van der Waals surface area contributed by atoms with Gasteiger partial charge in [-0.3, -0.25) is 0 Å². The van der Waals surface area contributed by atoms with E-state index in [1.54, 1.807) is 0 Å². The molecule has 17 heavy (non-hydrogen) atoms. The van der Waals surface area contributed by atoms with Gasteiger partial charge in [0, 0.05) is 24.6 Å². The number of anilines is 2. The maximum Gasteiger partial charge on any atom is 0.133 e. The maximum absolute atomic E-state index is 4.53. The first kappa shape index (κ1) is 13.7. The molecule has 0 aromatic carbocycles. The van der Waals surface area contributed by atoms with Crippen molar-refractivity contribution in [1.82, 2.24) is 9.97 Å². The highest BCUT2D eigenvalue weighted by atomic mass is 15.1. The van der Waals surface area contributed by atoms with Crippen molar-refractivity contribution in [1.29, 1.82) is 0 Å². The fourth-order valence-corrected chi connectivity index (χ4v) is 1.55. The second-order valence-corrected chi connectivity index (χ2v) is 5.21. The summed E-state index contributed by atoms with van der Waals surface area (Å²) < 4.78 is 0. The minimum atomic E-state index is 0.0152. The van der Waals surface area contributed by atoms with E-state index >= 15 is 0 Å². The molecule has 1 aromatic rings. The molecule has 4 nitrogen and oxygen atoms in total. The minimum Gasteiger partial charge on any atom is -0.370 e. The number of hydrogen-bond donors (Lipinski definition) is 2. The molecular weight excluding hydrogens is 212 g/mol. The van der Waals surface area contributed by atoms with E-state index in [2.05, 4.69) is 55.2 Å². The molecule has 0 radical (unpaired) electrons. The van der Waals surface area contributed by atoms with Gasteiger partial charge in [-0.1, -0.05) is 6.92 Å². The Bertz CT molecular complexity index is 331. The molecule has 0 fully saturated rings. The Labute approximate surface area is 104 Å². The Kier molecular flexibility index (Phi) is 4.73. The van der Waals surface area contributed by atoms with Gasteiger partial charge in [0.1, 0.15) is 17.5 Å². The lowest BCUT2D eigenvalue weighted by atomic mass is 10.1. The van der Waals surface area contributed by atoms with Crippen LogP contribution >= 0.6 is 0 Å². The molecule has 0 spiro atoms. The first-order valence-corrected chi connectivity index (χ1v) is 6.34. The predicted octanol–water partition coefficient (Wildman–Crippen LogP) is 3.07. The topological polar surface area (TPSA) is 49.8 Å². The summed E-state index contributed by atoms with van der Waals surface area (Å²) in [5.41, 5.74) is 0.0152. The zero-order valence-corrected chi connectivity index (χ0v) is 11.6. The van der Waals surface area contributed by atoms with E-state index in [-0.39, 0.29) is 5.54 Å². The van der Waals surface area contributed by atoms with Crippen molar-refractivity contribution in [3.05, 3.63) is 11.9 Å². The molecular formula is C13H24N4. The van der Waals surface area contributed by atoms with Crippen LogP contribution in [-0.4, -0.2) is 22.1 Å². The van der Waals surface area contributed by atoms with E-state index in [1.807, 2.05) is 6.07 Å². The van der Waals surface area contributed by atoms with E-state index in [0.717, 1.165) is 36.8 Å². The summed E-state index contributed by atoms with van der Waals surface area (Å²) in [5.74, 6) is 2.70. The Balaban J connectivity index is 2.94. The fourth-order valence-electron chi connectivity index (χ4n) is 1.55. The van der Waals surface area contributed by atoms with Crippen LogP contribution in [-0.2, 0) is 6.42 Å². The van der Waals surface area contributed by atoms with Crippen LogP contribution in [0.3, 0.4) is 0 Å². The van der Waals surface area contributed by atoms with Gasteiger partial charge in [-0.2, -0.15) is 0 Å². The van der Waals surface area contributed by atoms with Gasteiger partial charge in [-0.05, 0) is 34.1 Å². The van der Waals surface area contributed by atoms with Gasteiger partial charge in [-0.15, -0.1) is 0 Å². The third-order valence-electron chi connectivity index (χ3n) is 2.11. The number of nitrogens with one attached hydrogen (secondary N) is 2. The van der Waals surface area contributed by atoms with E-state index < -0.39 is 0 Å². The number of aryl methyl sites for hydroxylation is 1. The molecule has 0 aliphatic carbocycles. The van der Waals surface area contributed by atoms with Crippen molar-refractivity contribution in [2.75, 3.05) is 17.2 Å². The SMILES string of the molecule is CCCc1nc(NCC)cc(NC(C)(C)C)n1. The van der Waals surface area contributed by atoms with Gasteiger partial charge in [0.2, 0.25) is 0 Å². The first-order chi connectivity index (χ1) is 7.94. The molecule has 1 rings (SSSR count). The average Bonchev–Trinajstić information content (AvgIpc) is 2.15. The highest BCUT2D eigenvalue weighted by Gasteiger charge is 2.12. The molecule has 4 heteroatoms. The lowest BCUT2D eigenvalue weighted by molar-refractivity contribution is 0.628. The van der Waals surface area contributed by atoms with Crippen LogP contribution < -0.4 is 10.6 Å². The molecule has 96 valence electrons. The Hall–Kier alpha value is -1.32. The predicted molar refractivity (Wildman–Crippen MR) is 73.6 cm³/mol. The normalized spacial score (nSPS) is 11.4. The molecule has 0 bridgehead atoms. The summed E-state index contributed by atoms with van der Waals surface area (Å²) >= 11 is 0. The Morgan fingerprint density at radius 1 is 1.12 bits per heavy atom. The van der Waals surface area contributed by atoms with Crippen molar-refractivity contribution in [2.24, 2.45) is 0 Å². The van der Waals surface area contributed by atoms with Crippen molar-refractivity contribution >= 4 is 11.6 Å². The monoisotopic (exact) mass is 236 g/mol. The molecule has 0 unspecified atom stereocenters. The van der Waals surface area contributed by atoms with Crippen molar-refractivity contribution in [2.45, 2.75) is 53.0 Å². The lowest BCUT2D eigenvalue weighted by Gasteiger charge is -2.22. The summed E-state index contributed by atoms with van der Waals surface area (Å²) in [6, 6.07) is 1.97. The summed E-state index contributed by atoms with van der Waals surface area (Å²) in [5, 5.41) is 6.63. The van der Waals surface area contributed by atoms with Crippen LogP contribution in [0.5, 0.6) is 0 Å². The van der Waals surface area contributed by atoms with E-state index in [1.165, 1.54) is 0 Å². The summed E-state index contributed by atoms with van der Waals surface area (Å²) in [7, 11) is 0. The minimum absolute atomic E-state index is 0.0152. The quantitative estimate of drug-likeness (QED) is 0.825. The molecule has 1 heterocycles. The molecule has 0 amide bonds. The van der Waals surface area contributed by atoms with Gasteiger partial charge < -0.3 is 10.6 Å². The van der Waals surface area contributed by atoms with Gasteiger partial charge in [-0.25, -0.2) is 9.97 Å². The largest absolute Gasteiger partial charge is 0.370 e. The highest BCUT2D eigenvalue weighted by molar-refractivity contribution is 5.48. The molecule has 2 N–H and O–H groups in total. The smallest absolute Gasteiger partial charge is 0.133 e. The number of hydrogen-bond acceptors (Lipinski definition) is 4. The Morgan fingerprint density at radius 3 is 2.29 bits per heavy atom. The lowest BCUT2D eigenvalue weighted by Crippen LogP contribution is -2.27. The van der Waals surface area contributed by atoms with E-state index in [9.17, 15) is 0 Å². The van der Waals surface area contributed by atoms with Crippen LogP contribution in [0.25, 0.3) is 0 Å². The summed E-state index contributed by atoms with van der Waals surface area (Å²) in [4.78, 5) is 9.01. The molecule has 0 aliphatic rings. The van der Waals surface area contributed by atoms with Crippen molar-refractivity contribution < 1.29 is 0 Å². The summed E-state index contributed by atoms with van der Waals surface area (Å²) in [6.45, 7) is 11.5. The van der Waals surface area contributed by atoms with Gasteiger partial charge >= 0.3 is 0 Å². The summed E-state index contributed by atoms with van der Waals surface area (Å²) in [6.07, 6.45) is 1.97. The number of nitrogens with zero attached hydrogens (tertiary/aromatic N) is 2. The number of rotatable bonds is 5. The third kappa shape index (κ3) is 5.02. The van der Waals surface area contributed by atoms with Gasteiger partial charge in [0.05, 0.1) is 0 Å². The fraction of sp³-hybridized carbons (Fsp3) is 0.692. The maximum atomic E-state index is 4.53. The number of aromatic nitrogens is 2. The zero-order valence-electron chi connectivity index (χ0n) is 11.6. The van der Waals surface area contributed by atoms with Crippen LogP contribution in [0.1, 0.15) is 46.9 Å². The van der Waals surface area contributed by atoms with Gasteiger partial charge in [0.25, 0.3) is 0 Å². The van der Waals surface area contributed by atoms with Crippen LogP contribution in [0.15, 0.2) is 6.07 Å². The third-order valence-corrected chi connectivity index (χ3v) is 2.11. The van der Waals surface area contributed by atoms with Crippen LogP contribution in [0.4, 0.5) is 11.6 Å². The van der Waals surface area contributed by atoms with Crippen molar-refractivity contribution in [3.8, 4) is 0 Å². The molecule has 1 aromatic heterocycles. The molecule has 0 saturated heterocycles. The van der Waals surface area contributed by atoms with Crippen LogP contribution in [0.2, 0.25) is 0 Å². The molecule has 0 saturated carbocycles. The van der Waals surface area contributed by atoms with E-state index in [0.29, 0.717) is 0 Å². The molecule has 0 aliphatic heterocycles. The standard InChI is InChI=1S/C13H24N4/c1-6-8-10-15-11(14-7-2)9-12(16-10)17-13(3,4)5/h9H,6-8H2,1-5H3,(H2,14,15,16,17). The zero-order chi connectivity index (χ0) is 12.9. The van der Waals surface area contributed by atoms with Crippen LogP contribution in [0, 0.1) is 0 Å². The highest BCUT2D eigenvalue weighted by Crippen LogP contribution is 2.16. The second kappa shape index (κ2) is 5.84. The van der Waals surface area contributed by atoms with Gasteiger partial charge in [0.15, 0.2) is 0 Å².